The van der Waals surface area contributed by atoms with Gasteiger partial charge in [-0.15, -0.1) is 0 Å². The summed E-state index contributed by atoms with van der Waals surface area (Å²) in [5, 5.41) is 11.8. The summed E-state index contributed by atoms with van der Waals surface area (Å²) in [4.78, 5) is 16.8. The van der Waals surface area contributed by atoms with E-state index >= 15 is 0 Å². The Morgan fingerprint density at radius 1 is 1.16 bits per heavy atom. The van der Waals surface area contributed by atoms with Crippen LogP contribution in [0.25, 0.3) is 0 Å². The maximum absolute atomic E-state index is 8.63. The van der Waals surface area contributed by atoms with Crippen LogP contribution >= 0.6 is 0 Å². The van der Waals surface area contributed by atoms with Crippen LogP contribution in [0.15, 0.2) is 0 Å². The highest BCUT2D eigenvalue weighted by Crippen LogP contribution is 2.14. The van der Waals surface area contributed by atoms with Gasteiger partial charge in [-0.1, -0.05) is 6.92 Å². The van der Waals surface area contributed by atoms with Gasteiger partial charge in [-0.25, -0.2) is 0 Å². The quantitative estimate of drug-likeness (QED) is 0.789. The van der Waals surface area contributed by atoms with Gasteiger partial charge < -0.3 is 15.1 Å². The van der Waals surface area contributed by atoms with E-state index in [-0.39, 0.29) is 0 Å². The SMILES string of the molecule is CCCNc1nc(N(C)C)nc(N(C)CCC#N)n1. The summed E-state index contributed by atoms with van der Waals surface area (Å²) >= 11 is 0. The number of aromatic nitrogens is 3. The van der Waals surface area contributed by atoms with Crippen molar-refractivity contribution in [3.8, 4) is 6.07 Å². The van der Waals surface area contributed by atoms with E-state index in [1.807, 2.05) is 30.9 Å². The standard InChI is InChI=1S/C12H21N7/c1-5-8-14-10-15-11(18(2)3)17-12(16-10)19(4)9-6-7-13/h5-6,8-9H2,1-4H3,(H,14,15,16,17). The summed E-state index contributed by atoms with van der Waals surface area (Å²) in [5.41, 5.74) is 0. The Hall–Kier alpha value is -2.10. The van der Waals surface area contributed by atoms with Gasteiger partial charge in [-0.2, -0.15) is 20.2 Å². The molecule has 0 aliphatic heterocycles. The third-order valence-corrected chi connectivity index (χ3v) is 2.45. The van der Waals surface area contributed by atoms with Crippen molar-refractivity contribution in [1.29, 1.82) is 5.26 Å². The van der Waals surface area contributed by atoms with Gasteiger partial charge in [0.2, 0.25) is 17.8 Å². The summed E-state index contributed by atoms with van der Waals surface area (Å²) < 4.78 is 0. The van der Waals surface area contributed by atoms with Gasteiger partial charge in [0.15, 0.2) is 0 Å². The minimum atomic E-state index is 0.442. The molecule has 1 rings (SSSR count). The Labute approximate surface area is 114 Å². The van der Waals surface area contributed by atoms with Crippen LogP contribution in [0.4, 0.5) is 17.8 Å². The van der Waals surface area contributed by atoms with Crippen molar-refractivity contribution in [2.24, 2.45) is 0 Å². The topological polar surface area (TPSA) is 81.0 Å². The molecule has 0 saturated carbocycles. The molecule has 19 heavy (non-hydrogen) atoms. The number of nitriles is 1. The Balaban J connectivity index is 2.95. The Morgan fingerprint density at radius 3 is 2.42 bits per heavy atom. The van der Waals surface area contributed by atoms with Crippen molar-refractivity contribution < 1.29 is 0 Å². The summed E-state index contributed by atoms with van der Waals surface area (Å²) in [6, 6.07) is 2.12. The second-order valence-corrected chi connectivity index (χ2v) is 4.41. The molecule has 0 bridgehead atoms. The third kappa shape index (κ3) is 4.58. The molecule has 0 atom stereocenters. The smallest absolute Gasteiger partial charge is 0.231 e. The van der Waals surface area contributed by atoms with Crippen LogP contribution < -0.4 is 15.1 Å². The van der Waals surface area contributed by atoms with Crippen LogP contribution in [-0.2, 0) is 0 Å². The number of nitrogens with zero attached hydrogens (tertiary/aromatic N) is 6. The van der Waals surface area contributed by atoms with E-state index in [4.69, 9.17) is 5.26 Å². The lowest BCUT2D eigenvalue weighted by molar-refractivity contribution is 0.833. The Morgan fingerprint density at radius 2 is 1.84 bits per heavy atom. The van der Waals surface area contributed by atoms with Gasteiger partial charge in [-0.05, 0) is 6.42 Å². The molecule has 0 aliphatic rings. The first kappa shape index (κ1) is 15.0. The first-order chi connectivity index (χ1) is 9.08. The third-order valence-electron chi connectivity index (χ3n) is 2.45. The molecule has 0 aliphatic carbocycles. The normalized spacial score (nSPS) is 9.84. The minimum Gasteiger partial charge on any atom is -0.354 e. The van der Waals surface area contributed by atoms with Crippen molar-refractivity contribution in [2.75, 3.05) is 49.3 Å². The summed E-state index contributed by atoms with van der Waals surface area (Å²) in [7, 11) is 5.64. The van der Waals surface area contributed by atoms with Crippen LogP contribution in [0.5, 0.6) is 0 Å². The second kappa shape index (κ2) is 7.36. The monoisotopic (exact) mass is 263 g/mol. The van der Waals surface area contributed by atoms with Gasteiger partial charge in [-0.3, -0.25) is 0 Å². The lowest BCUT2D eigenvalue weighted by Gasteiger charge is -2.19. The van der Waals surface area contributed by atoms with Crippen LogP contribution in [0, 0.1) is 11.3 Å². The van der Waals surface area contributed by atoms with Crippen LogP contribution in [0.1, 0.15) is 19.8 Å². The lowest BCUT2D eigenvalue weighted by atomic mass is 10.4. The number of rotatable bonds is 7. The van der Waals surface area contributed by atoms with E-state index < -0.39 is 0 Å². The highest BCUT2D eigenvalue weighted by Gasteiger charge is 2.11. The maximum atomic E-state index is 8.63. The molecular formula is C12H21N7. The Bertz CT molecular complexity index is 438. The summed E-state index contributed by atoms with van der Waals surface area (Å²) in [6.07, 6.45) is 1.44. The highest BCUT2D eigenvalue weighted by atomic mass is 15.3. The molecule has 7 heteroatoms. The predicted octanol–water partition coefficient (Wildman–Crippen LogP) is 1.11. The molecule has 0 fully saturated rings. The van der Waals surface area contributed by atoms with Crippen LogP contribution in [0.2, 0.25) is 0 Å². The minimum absolute atomic E-state index is 0.442. The van der Waals surface area contributed by atoms with Crippen molar-refractivity contribution in [2.45, 2.75) is 19.8 Å². The Kier molecular flexibility index (Phi) is 5.79. The zero-order chi connectivity index (χ0) is 14.3. The van der Waals surface area contributed by atoms with E-state index in [1.54, 1.807) is 0 Å². The van der Waals surface area contributed by atoms with E-state index in [0.717, 1.165) is 13.0 Å². The fourth-order valence-electron chi connectivity index (χ4n) is 1.36. The summed E-state index contributed by atoms with van der Waals surface area (Å²) in [6.45, 7) is 3.50. The molecule has 1 aromatic heterocycles. The average molecular weight is 263 g/mol. The first-order valence-electron chi connectivity index (χ1n) is 6.33. The fourth-order valence-corrected chi connectivity index (χ4v) is 1.36. The van der Waals surface area contributed by atoms with Crippen molar-refractivity contribution in [3.05, 3.63) is 0 Å². The summed E-state index contributed by atoms with van der Waals surface area (Å²) in [5.74, 6) is 1.75. The zero-order valence-corrected chi connectivity index (χ0v) is 12.0. The second-order valence-electron chi connectivity index (χ2n) is 4.41. The predicted molar refractivity (Wildman–Crippen MR) is 76.4 cm³/mol. The molecular weight excluding hydrogens is 242 g/mol. The molecule has 1 heterocycles. The maximum Gasteiger partial charge on any atom is 0.231 e. The van der Waals surface area contributed by atoms with E-state index in [2.05, 4.69) is 33.3 Å². The number of hydrogen-bond acceptors (Lipinski definition) is 7. The molecule has 0 spiro atoms. The average Bonchev–Trinajstić information content (AvgIpc) is 2.42. The van der Waals surface area contributed by atoms with Gasteiger partial charge in [0, 0.05) is 34.2 Å². The van der Waals surface area contributed by atoms with Crippen LogP contribution in [0.3, 0.4) is 0 Å². The molecule has 1 N–H and O–H groups in total. The molecule has 0 unspecified atom stereocenters. The fraction of sp³-hybridized carbons (Fsp3) is 0.667. The largest absolute Gasteiger partial charge is 0.354 e. The highest BCUT2D eigenvalue weighted by molar-refractivity contribution is 5.44. The molecule has 0 amide bonds. The van der Waals surface area contributed by atoms with E-state index in [1.165, 1.54) is 0 Å². The molecule has 0 radical (unpaired) electrons. The van der Waals surface area contributed by atoms with Gasteiger partial charge in [0.25, 0.3) is 0 Å². The van der Waals surface area contributed by atoms with Crippen molar-refractivity contribution in [3.63, 3.8) is 0 Å². The van der Waals surface area contributed by atoms with Crippen LogP contribution in [-0.4, -0.2) is 49.2 Å². The van der Waals surface area contributed by atoms with Gasteiger partial charge in [0.05, 0.1) is 12.5 Å². The molecule has 0 saturated heterocycles. The van der Waals surface area contributed by atoms with Gasteiger partial charge in [0.1, 0.15) is 0 Å². The van der Waals surface area contributed by atoms with Crippen molar-refractivity contribution >= 4 is 17.8 Å². The number of nitrogens with one attached hydrogen (secondary N) is 1. The first-order valence-corrected chi connectivity index (χ1v) is 6.33. The molecule has 104 valence electrons. The lowest BCUT2D eigenvalue weighted by Crippen LogP contribution is -2.24. The molecule has 1 aromatic rings. The molecule has 7 nitrogen and oxygen atoms in total. The zero-order valence-electron chi connectivity index (χ0n) is 12.0. The van der Waals surface area contributed by atoms with E-state index in [9.17, 15) is 0 Å². The van der Waals surface area contributed by atoms with Crippen molar-refractivity contribution in [1.82, 2.24) is 15.0 Å². The molecule has 0 aromatic carbocycles. The van der Waals surface area contributed by atoms with Gasteiger partial charge >= 0.3 is 0 Å². The number of anilines is 3. The van der Waals surface area contributed by atoms with E-state index in [0.29, 0.717) is 30.8 Å². The number of hydrogen-bond donors (Lipinski definition) is 1.